The van der Waals surface area contributed by atoms with Crippen LogP contribution in [0.25, 0.3) is 0 Å². The summed E-state index contributed by atoms with van der Waals surface area (Å²) in [5.74, 6) is 0. The summed E-state index contributed by atoms with van der Waals surface area (Å²) in [6.45, 7) is 9.50. The molecular weight excluding hydrogens is 523 g/mol. The molecule has 4 aromatic rings. The predicted octanol–water partition coefficient (Wildman–Crippen LogP) is 3.25. The van der Waals surface area contributed by atoms with Crippen molar-refractivity contribution in [2.24, 2.45) is 0 Å². The zero-order valence-electron chi connectivity index (χ0n) is 16.2. The maximum atomic E-state index is 6.25. The summed E-state index contributed by atoms with van der Waals surface area (Å²) < 4.78 is 5.79. The Morgan fingerprint density at radius 1 is 0.367 bits per heavy atom. The van der Waals surface area contributed by atoms with Gasteiger partial charge in [0.25, 0.3) is 0 Å². The van der Waals surface area contributed by atoms with Crippen molar-refractivity contribution in [1.29, 1.82) is 10.5 Å². The summed E-state index contributed by atoms with van der Waals surface area (Å²) in [6, 6.07) is 44.2. The van der Waals surface area contributed by atoms with Crippen LogP contribution < -0.4 is 17.4 Å². The van der Waals surface area contributed by atoms with Gasteiger partial charge in [-0.05, 0) is 0 Å². The van der Waals surface area contributed by atoms with Crippen LogP contribution in [0.4, 0.5) is 0 Å². The van der Waals surface area contributed by atoms with Gasteiger partial charge in [-0.1, -0.05) is 0 Å². The van der Waals surface area contributed by atoms with Gasteiger partial charge in [0, 0.05) is 0 Å². The van der Waals surface area contributed by atoms with Crippen LogP contribution in [-0.2, 0) is 22.4 Å². The van der Waals surface area contributed by atoms with E-state index in [9.17, 15) is 0 Å². The van der Waals surface area contributed by atoms with E-state index in [4.69, 9.17) is 23.7 Å². The fourth-order valence-corrected chi connectivity index (χ4v) is 12.5. The summed E-state index contributed by atoms with van der Waals surface area (Å²) in [5, 5.41) is 12.5. The van der Waals surface area contributed by atoms with Crippen molar-refractivity contribution in [3.8, 4) is 0 Å². The molecule has 0 aliphatic heterocycles. The SMILES string of the molecule is [Ag+].[C-]#N.[C-]#N.c1ccc([As+](c2ccccc2)(c2ccccc2)c2ccccc2)cc1. The van der Waals surface area contributed by atoms with E-state index < -0.39 is 13.6 Å². The minimum atomic E-state index is -2.77. The van der Waals surface area contributed by atoms with Crippen LogP contribution in [0, 0.1) is 23.7 Å². The van der Waals surface area contributed by atoms with Crippen molar-refractivity contribution < 1.29 is 22.4 Å². The molecule has 0 saturated heterocycles. The third kappa shape index (κ3) is 5.20. The van der Waals surface area contributed by atoms with Crippen LogP contribution in [0.5, 0.6) is 0 Å². The van der Waals surface area contributed by atoms with Gasteiger partial charge in [0.2, 0.25) is 0 Å². The van der Waals surface area contributed by atoms with Gasteiger partial charge in [-0.25, -0.2) is 0 Å². The standard InChI is InChI=1S/C24H20As.2CN.Ag/c1-5-13-21(14-6-1)25(22-15-7-2-8-16-22,23-17-9-3-10-18-23)24-19-11-4-12-20-24;2*1-2;/h1-20H;;;/q+1;2*-1;+1. The zero-order chi connectivity index (χ0) is 21.0. The van der Waals surface area contributed by atoms with Gasteiger partial charge in [-0.15, -0.1) is 0 Å². The molecule has 4 heteroatoms. The molecule has 0 aliphatic carbocycles. The first kappa shape index (κ1) is 25.2. The Bertz CT molecular complexity index is 849. The number of benzene rings is 4. The van der Waals surface area contributed by atoms with E-state index in [0.717, 1.165) is 0 Å². The van der Waals surface area contributed by atoms with Gasteiger partial charge >= 0.3 is 175 Å². The van der Waals surface area contributed by atoms with Gasteiger partial charge in [-0.2, -0.15) is 0 Å². The average Bonchev–Trinajstić information content (AvgIpc) is 2.85. The van der Waals surface area contributed by atoms with Crippen molar-refractivity contribution >= 4 is 31.0 Å². The van der Waals surface area contributed by atoms with E-state index in [1.807, 2.05) is 0 Å². The number of nitrogens with zero attached hydrogens (tertiary/aromatic N) is 2. The van der Waals surface area contributed by atoms with Crippen LogP contribution in [-0.4, -0.2) is 13.6 Å². The van der Waals surface area contributed by atoms with Gasteiger partial charge in [0.1, 0.15) is 0 Å². The molecule has 0 fully saturated rings. The Balaban J connectivity index is 0.000000851. The molecule has 4 aromatic carbocycles. The van der Waals surface area contributed by atoms with E-state index >= 15 is 0 Å². The van der Waals surface area contributed by atoms with Crippen LogP contribution in [0.2, 0.25) is 0 Å². The molecule has 0 unspecified atom stereocenters. The van der Waals surface area contributed by atoms with Crippen molar-refractivity contribution in [1.82, 2.24) is 0 Å². The maximum absolute atomic E-state index is 6.25. The van der Waals surface area contributed by atoms with Gasteiger partial charge in [0.15, 0.2) is 0 Å². The van der Waals surface area contributed by atoms with E-state index in [1.54, 1.807) is 0 Å². The number of rotatable bonds is 4. The van der Waals surface area contributed by atoms with Gasteiger partial charge in [0.05, 0.1) is 0 Å². The second kappa shape index (κ2) is 13.4. The summed E-state index contributed by atoms with van der Waals surface area (Å²) in [4.78, 5) is 0. The third-order valence-electron chi connectivity index (χ3n) is 4.57. The van der Waals surface area contributed by atoms with Crippen molar-refractivity contribution in [2.75, 3.05) is 0 Å². The molecule has 150 valence electrons. The molecule has 0 aliphatic rings. The van der Waals surface area contributed by atoms with Gasteiger partial charge in [-0.3, -0.25) is 0 Å². The monoisotopic (exact) mass is 542 g/mol. The van der Waals surface area contributed by atoms with Crippen LogP contribution in [0.1, 0.15) is 0 Å². The van der Waals surface area contributed by atoms with E-state index in [2.05, 4.69) is 121 Å². The molecule has 4 rings (SSSR count). The molecule has 0 radical (unpaired) electrons. The average molecular weight is 543 g/mol. The second-order valence-corrected chi connectivity index (χ2v) is 13.2. The molecule has 2 nitrogen and oxygen atoms in total. The first-order valence-electron chi connectivity index (χ1n) is 8.98. The molecule has 30 heavy (non-hydrogen) atoms. The van der Waals surface area contributed by atoms with Crippen LogP contribution in [0.15, 0.2) is 121 Å². The summed E-state index contributed by atoms with van der Waals surface area (Å²) >= 11 is -2.77. The van der Waals surface area contributed by atoms with E-state index in [0.29, 0.717) is 0 Å². The first-order valence-corrected chi connectivity index (χ1v) is 12.7. The van der Waals surface area contributed by atoms with Crippen LogP contribution >= 0.6 is 0 Å². The molecule has 0 N–H and O–H groups in total. The molecule has 0 aromatic heterocycles. The normalized spacial score (nSPS) is 9.47. The number of hydrogen-bond acceptors (Lipinski definition) is 2. The Morgan fingerprint density at radius 3 is 0.700 bits per heavy atom. The summed E-state index contributed by atoms with van der Waals surface area (Å²) in [6.07, 6.45) is 0. The Kier molecular flexibility index (Phi) is 11.2. The molecular formula is C26H20AgAsN2. The first-order chi connectivity index (χ1) is 14.4. The topological polar surface area (TPSA) is 47.6 Å². The van der Waals surface area contributed by atoms with Crippen LogP contribution in [0.3, 0.4) is 0 Å². The summed E-state index contributed by atoms with van der Waals surface area (Å²) in [5.41, 5.74) is 0. The number of hydrogen-bond donors (Lipinski definition) is 0. The quantitative estimate of drug-likeness (QED) is 0.293. The van der Waals surface area contributed by atoms with Crippen molar-refractivity contribution in [3.63, 3.8) is 0 Å². The third-order valence-corrected chi connectivity index (χ3v) is 13.6. The molecule has 0 saturated carbocycles. The molecule has 0 atom stereocenters. The Morgan fingerprint density at radius 2 is 0.533 bits per heavy atom. The molecule has 0 bridgehead atoms. The van der Waals surface area contributed by atoms with Gasteiger partial charge < -0.3 is 23.7 Å². The summed E-state index contributed by atoms with van der Waals surface area (Å²) in [7, 11) is 0. The van der Waals surface area contributed by atoms with E-state index in [-0.39, 0.29) is 22.4 Å². The van der Waals surface area contributed by atoms with E-state index in [1.165, 1.54) is 17.4 Å². The van der Waals surface area contributed by atoms with Crippen molar-refractivity contribution in [3.05, 3.63) is 134 Å². The predicted molar refractivity (Wildman–Crippen MR) is 120 cm³/mol. The minimum absolute atomic E-state index is 0. The zero-order valence-corrected chi connectivity index (χ0v) is 19.5. The second-order valence-electron chi connectivity index (χ2n) is 6.01. The fourth-order valence-electron chi connectivity index (χ4n) is 3.50. The molecule has 0 amide bonds. The van der Waals surface area contributed by atoms with Crippen molar-refractivity contribution in [2.45, 2.75) is 0 Å². The fraction of sp³-hybridized carbons (Fsp3) is 0. The molecule has 0 heterocycles. The Hall–Kier alpha value is -2.84. The Labute approximate surface area is 197 Å². The molecule has 0 spiro atoms.